The average molecular weight is 276 g/mol. The third-order valence-corrected chi connectivity index (χ3v) is 5.47. The zero-order chi connectivity index (χ0) is 13.8. The SMILES string of the molecule is CCC(CCNCCC[SiH2]C(OC)OC)N(C)C. The van der Waals surface area contributed by atoms with Crippen molar-refractivity contribution in [3.8, 4) is 0 Å². The summed E-state index contributed by atoms with van der Waals surface area (Å²) in [7, 11) is 7.55. The van der Waals surface area contributed by atoms with Gasteiger partial charge < -0.3 is 19.7 Å². The molecule has 0 amide bonds. The molecule has 1 atom stereocenters. The first-order chi connectivity index (χ1) is 8.65. The molecule has 0 aliphatic carbocycles. The minimum Gasteiger partial charge on any atom is -0.360 e. The highest BCUT2D eigenvalue weighted by molar-refractivity contribution is 6.36. The van der Waals surface area contributed by atoms with Crippen molar-refractivity contribution in [1.29, 1.82) is 0 Å². The fourth-order valence-electron chi connectivity index (χ4n) is 2.11. The molecule has 4 nitrogen and oxygen atoms in total. The molecule has 0 bridgehead atoms. The first kappa shape index (κ1) is 18.1. The second kappa shape index (κ2) is 12.1. The van der Waals surface area contributed by atoms with Crippen molar-refractivity contribution in [2.75, 3.05) is 41.4 Å². The Labute approximate surface area is 115 Å². The van der Waals surface area contributed by atoms with Crippen LogP contribution in [0.3, 0.4) is 0 Å². The van der Waals surface area contributed by atoms with Crippen molar-refractivity contribution < 1.29 is 9.47 Å². The number of ether oxygens (including phenoxy) is 2. The van der Waals surface area contributed by atoms with Gasteiger partial charge in [0.1, 0.15) is 5.91 Å². The van der Waals surface area contributed by atoms with Crippen LogP contribution in [0.25, 0.3) is 0 Å². The van der Waals surface area contributed by atoms with Gasteiger partial charge in [-0.1, -0.05) is 13.0 Å². The van der Waals surface area contributed by atoms with Crippen LogP contribution in [0.1, 0.15) is 26.2 Å². The van der Waals surface area contributed by atoms with Gasteiger partial charge >= 0.3 is 0 Å². The molecule has 1 unspecified atom stereocenters. The minimum atomic E-state index is -0.235. The molecule has 0 heterocycles. The molecular weight excluding hydrogens is 244 g/mol. The van der Waals surface area contributed by atoms with E-state index in [9.17, 15) is 0 Å². The molecule has 0 fully saturated rings. The maximum absolute atomic E-state index is 5.21. The lowest BCUT2D eigenvalue weighted by molar-refractivity contribution is -0.0441. The van der Waals surface area contributed by atoms with E-state index < -0.39 is 0 Å². The van der Waals surface area contributed by atoms with Gasteiger partial charge in [-0.15, -0.1) is 0 Å². The van der Waals surface area contributed by atoms with Crippen LogP contribution in [-0.2, 0) is 9.47 Å². The predicted molar refractivity (Wildman–Crippen MR) is 81.0 cm³/mol. The van der Waals surface area contributed by atoms with Gasteiger partial charge in [0, 0.05) is 20.3 Å². The van der Waals surface area contributed by atoms with E-state index in [2.05, 4.69) is 31.2 Å². The molecule has 0 aromatic heterocycles. The fraction of sp³-hybridized carbons (Fsp3) is 1.00. The normalized spacial score (nSPS) is 14.2. The Bertz CT molecular complexity index is 178. The Morgan fingerprint density at radius 3 is 2.33 bits per heavy atom. The number of nitrogens with one attached hydrogen (secondary N) is 1. The van der Waals surface area contributed by atoms with Gasteiger partial charge in [0.05, 0.1) is 9.52 Å². The highest BCUT2D eigenvalue weighted by Gasteiger charge is 2.07. The molecule has 0 aromatic rings. The number of methoxy groups -OCH3 is 2. The van der Waals surface area contributed by atoms with Crippen molar-refractivity contribution in [2.24, 2.45) is 0 Å². The molecule has 0 rings (SSSR count). The summed E-state index contributed by atoms with van der Waals surface area (Å²) in [4.78, 5) is 2.32. The van der Waals surface area contributed by atoms with Crippen LogP contribution in [0.4, 0.5) is 0 Å². The number of hydrogen-bond acceptors (Lipinski definition) is 4. The Morgan fingerprint density at radius 2 is 1.83 bits per heavy atom. The van der Waals surface area contributed by atoms with E-state index in [4.69, 9.17) is 9.47 Å². The van der Waals surface area contributed by atoms with Gasteiger partial charge in [-0.2, -0.15) is 0 Å². The van der Waals surface area contributed by atoms with Crippen molar-refractivity contribution in [3.63, 3.8) is 0 Å². The fourth-order valence-corrected chi connectivity index (χ4v) is 3.46. The molecule has 1 N–H and O–H groups in total. The quantitative estimate of drug-likeness (QED) is 0.326. The standard InChI is InChI=1S/C13H32N2O2Si/c1-6-12(15(2)3)8-10-14-9-7-11-18-13(16-4)17-5/h12-14H,6-11,18H2,1-5H3. The smallest absolute Gasteiger partial charge is 0.134 e. The topological polar surface area (TPSA) is 33.7 Å². The van der Waals surface area contributed by atoms with Gasteiger partial charge in [-0.3, -0.25) is 0 Å². The maximum atomic E-state index is 5.21. The number of nitrogens with zero attached hydrogens (tertiary/aromatic N) is 1. The molecule has 0 aromatic carbocycles. The summed E-state index contributed by atoms with van der Waals surface area (Å²) in [5, 5.41) is 3.53. The van der Waals surface area contributed by atoms with E-state index in [-0.39, 0.29) is 15.4 Å². The van der Waals surface area contributed by atoms with Crippen molar-refractivity contribution >= 4 is 9.52 Å². The third-order valence-electron chi connectivity index (χ3n) is 3.43. The second-order valence-electron chi connectivity index (χ2n) is 4.96. The van der Waals surface area contributed by atoms with Crippen molar-refractivity contribution in [1.82, 2.24) is 10.2 Å². The lowest BCUT2D eigenvalue weighted by Gasteiger charge is -2.22. The molecule has 0 radical (unpaired) electrons. The first-order valence-corrected chi connectivity index (χ1v) is 8.90. The van der Waals surface area contributed by atoms with E-state index >= 15 is 0 Å². The van der Waals surface area contributed by atoms with E-state index in [0.717, 1.165) is 13.1 Å². The average Bonchev–Trinajstić information content (AvgIpc) is 2.37. The Balaban J connectivity index is 3.35. The van der Waals surface area contributed by atoms with Gasteiger partial charge in [0.2, 0.25) is 0 Å². The molecule has 0 saturated heterocycles. The zero-order valence-electron chi connectivity index (χ0n) is 12.9. The number of hydrogen-bond donors (Lipinski definition) is 1. The summed E-state index contributed by atoms with van der Waals surface area (Å²) in [6, 6.07) is 1.99. The largest absolute Gasteiger partial charge is 0.360 e. The molecule has 110 valence electrons. The van der Waals surface area contributed by atoms with Crippen LogP contribution in [0.15, 0.2) is 0 Å². The monoisotopic (exact) mass is 276 g/mol. The molecule has 0 saturated carbocycles. The van der Waals surface area contributed by atoms with Crippen molar-refractivity contribution in [2.45, 2.75) is 44.2 Å². The predicted octanol–water partition coefficient (Wildman–Crippen LogP) is 0.860. The molecule has 18 heavy (non-hydrogen) atoms. The summed E-state index contributed by atoms with van der Waals surface area (Å²) in [5.41, 5.74) is 0. The van der Waals surface area contributed by atoms with Crippen LogP contribution in [0.2, 0.25) is 6.04 Å². The molecule has 0 aliphatic heterocycles. The lowest BCUT2D eigenvalue weighted by Crippen LogP contribution is -2.31. The minimum absolute atomic E-state index is 0.100. The second-order valence-corrected chi connectivity index (χ2v) is 6.91. The van der Waals surface area contributed by atoms with Gasteiger partial charge in [-0.05, 0) is 46.4 Å². The van der Waals surface area contributed by atoms with E-state index in [1.807, 2.05) is 0 Å². The number of rotatable bonds is 12. The summed E-state index contributed by atoms with van der Waals surface area (Å²) >= 11 is 0. The van der Waals surface area contributed by atoms with E-state index in [1.54, 1.807) is 14.2 Å². The summed E-state index contributed by atoms with van der Waals surface area (Å²) in [6.45, 7) is 4.50. The highest BCUT2D eigenvalue weighted by atomic mass is 28.2. The highest BCUT2D eigenvalue weighted by Crippen LogP contribution is 2.03. The molecule has 5 heteroatoms. The van der Waals surface area contributed by atoms with Crippen LogP contribution in [-0.4, -0.2) is 67.8 Å². The van der Waals surface area contributed by atoms with Gasteiger partial charge in [-0.25, -0.2) is 0 Å². The van der Waals surface area contributed by atoms with Crippen LogP contribution < -0.4 is 5.32 Å². The van der Waals surface area contributed by atoms with Crippen molar-refractivity contribution in [3.05, 3.63) is 0 Å². The lowest BCUT2D eigenvalue weighted by atomic mass is 10.1. The zero-order valence-corrected chi connectivity index (χ0v) is 14.3. The molecule has 0 spiro atoms. The van der Waals surface area contributed by atoms with Crippen LogP contribution in [0.5, 0.6) is 0 Å². The Kier molecular flexibility index (Phi) is 12.1. The van der Waals surface area contributed by atoms with E-state index in [1.165, 1.54) is 25.3 Å². The van der Waals surface area contributed by atoms with Crippen LogP contribution >= 0.6 is 0 Å². The molecule has 0 aliphatic rings. The maximum Gasteiger partial charge on any atom is 0.134 e. The summed E-state index contributed by atoms with van der Waals surface area (Å²) in [6.07, 6.45) is 3.71. The Morgan fingerprint density at radius 1 is 1.17 bits per heavy atom. The summed E-state index contributed by atoms with van der Waals surface area (Å²) < 4.78 is 10.4. The van der Waals surface area contributed by atoms with Gasteiger partial charge in [0.25, 0.3) is 0 Å². The van der Waals surface area contributed by atoms with Crippen LogP contribution in [0, 0.1) is 0 Å². The summed E-state index contributed by atoms with van der Waals surface area (Å²) in [5.74, 6) is 0.100. The van der Waals surface area contributed by atoms with Gasteiger partial charge in [0.15, 0.2) is 0 Å². The first-order valence-electron chi connectivity index (χ1n) is 7.08. The van der Waals surface area contributed by atoms with E-state index in [0.29, 0.717) is 6.04 Å². The third kappa shape index (κ3) is 9.05. The molecular formula is C13H32N2O2Si. The Hall–Kier alpha value is 0.0569.